The maximum atomic E-state index is 12.5. The summed E-state index contributed by atoms with van der Waals surface area (Å²) in [7, 11) is 0. The zero-order valence-electron chi connectivity index (χ0n) is 17.5. The van der Waals surface area contributed by atoms with Crippen molar-refractivity contribution in [3.05, 3.63) is 64.0 Å². The SMILES string of the molecule is Cc1nc(Cc2ncc(C(=O)Nc3ccccc3)s2)cc(N2CCN(CCO)CC2)n1. The van der Waals surface area contributed by atoms with Crippen molar-refractivity contribution in [3.63, 3.8) is 0 Å². The van der Waals surface area contributed by atoms with E-state index in [2.05, 4.69) is 30.1 Å². The number of carbonyl (C=O) groups excluding carboxylic acids is 1. The van der Waals surface area contributed by atoms with Crippen LogP contribution in [0.4, 0.5) is 11.5 Å². The van der Waals surface area contributed by atoms with Crippen molar-refractivity contribution in [2.75, 3.05) is 49.5 Å². The summed E-state index contributed by atoms with van der Waals surface area (Å²) in [5.74, 6) is 1.49. The zero-order chi connectivity index (χ0) is 21.6. The van der Waals surface area contributed by atoms with Crippen LogP contribution in [0, 0.1) is 6.92 Å². The number of anilines is 2. The zero-order valence-corrected chi connectivity index (χ0v) is 18.3. The number of aliphatic hydroxyl groups is 1. The molecule has 3 heterocycles. The highest BCUT2D eigenvalue weighted by Crippen LogP contribution is 2.21. The quantitative estimate of drug-likeness (QED) is 0.584. The van der Waals surface area contributed by atoms with Crippen molar-refractivity contribution in [1.29, 1.82) is 0 Å². The number of aromatic nitrogens is 3. The molecule has 0 atom stereocenters. The molecule has 9 heteroatoms. The molecular formula is C22H26N6O2S. The van der Waals surface area contributed by atoms with E-state index in [1.54, 1.807) is 6.20 Å². The van der Waals surface area contributed by atoms with Crippen LogP contribution in [0.1, 0.15) is 26.2 Å². The van der Waals surface area contributed by atoms with E-state index in [0.717, 1.165) is 54.2 Å². The van der Waals surface area contributed by atoms with Gasteiger partial charge in [-0.2, -0.15) is 0 Å². The number of hydrogen-bond acceptors (Lipinski definition) is 8. The number of benzene rings is 1. The largest absolute Gasteiger partial charge is 0.395 e. The molecule has 0 unspecified atom stereocenters. The first-order valence-electron chi connectivity index (χ1n) is 10.3. The van der Waals surface area contributed by atoms with Gasteiger partial charge in [-0.05, 0) is 19.1 Å². The van der Waals surface area contributed by atoms with Crippen molar-refractivity contribution >= 4 is 28.7 Å². The Hall–Kier alpha value is -2.88. The molecule has 1 saturated heterocycles. The Labute approximate surface area is 185 Å². The molecule has 162 valence electrons. The molecule has 1 aromatic carbocycles. The number of nitrogens with zero attached hydrogens (tertiary/aromatic N) is 5. The number of aliphatic hydroxyl groups excluding tert-OH is 1. The molecule has 4 rings (SSSR count). The lowest BCUT2D eigenvalue weighted by Crippen LogP contribution is -2.47. The van der Waals surface area contributed by atoms with Gasteiger partial charge in [-0.3, -0.25) is 9.69 Å². The molecule has 1 fully saturated rings. The number of nitrogens with one attached hydrogen (secondary N) is 1. The van der Waals surface area contributed by atoms with E-state index in [-0.39, 0.29) is 12.5 Å². The fourth-order valence-electron chi connectivity index (χ4n) is 3.57. The summed E-state index contributed by atoms with van der Waals surface area (Å²) in [5.41, 5.74) is 1.65. The van der Waals surface area contributed by atoms with Crippen molar-refractivity contribution in [3.8, 4) is 0 Å². The van der Waals surface area contributed by atoms with E-state index >= 15 is 0 Å². The van der Waals surface area contributed by atoms with Crippen LogP contribution < -0.4 is 10.2 Å². The van der Waals surface area contributed by atoms with Crippen LogP contribution in [0.15, 0.2) is 42.6 Å². The second-order valence-electron chi connectivity index (χ2n) is 7.43. The number of rotatable bonds is 7. The van der Waals surface area contributed by atoms with Gasteiger partial charge in [0.25, 0.3) is 5.91 Å². The number of carbonyl (C=O) groups is 1. The van der Waals surface area contributed by atoms with Crippen molar-refractivity contribution in [2.24, 2.45) is 0 Å². The highest BCUT2D eigenvalue weighted by Gasteiger charge is 2.19. The molecule has 0 bridgehead atoms. The molecule has 1 amide bonds. The number of piperazine rings is 1. The molecule has 1 aliphatic heterocycles. The molecular weight excluding hydrogens is 412 g/mol. The van der Waals surface area contributed by atoms with E-state index in [1.807, 2.05) is 43.3 Å². The second kappa shape index (κ2) is 9.95. The van der Waals surface area contributed by atoms with Gasteiger partial charge >= 0.3 is 0 Å². The van der Waals surface area contributed by atoms with Gasteiger partial charge in [0.05, 0.1) is 23.5 Å². The molecule has 31 heavy (non-hydrogen) atoms. The third-order valence-electron chi connectivity index (χ3n) is 5.13. The normalized spacial score (nSPS) is 14.6. The monoisotopic (exact) mass is 438 g/mol. The third kappa shape index (κ3) is 5.63. The Morgan fingerprint density at radius 2 is 1.94 bits per heavy atom. The van der Waals surface area contributed by atoms with E-state index < -0.39 is 0 Å². The first kappa shape index (κ1) is 21.4. The molecule has 0 aliphatic carbocycles. The predicted molar refractivity (Wildman–Crippen MR) is 122 cm³/mol. The molecule has 0 radical (unpaired) electrons. The second-order valence-corrected chi connectivity index (χ2v) is 8.55. The minimum Gasteiger partial charge on any atom is -0.395 e. The molecule has 2 aromatic heterocycles. The number of β-amino-alcohol motifs (C(OH)–C–C–N with tert-alkyl or cyclic N) is 1. The van der Waals surface area contributed by atoms with Gasteiger partial charge in [0.1, 0.15) is 16.5 Å². The summed E-state index contributed by atoms with van der Waals surface area (Å²) in [4.78, 5) is 31.2. The number of thiazole rings is 1. The molecule has 8 nitrogen and oxygen atoms in total. The van der Waals surface area contributed by atoms with E-state index in [0.29, 0.717) is 17.8 Å². The average Bonchev–Trinajstić information content (AvgIpc) is 3.23. The Balaban J connectivity index is 1.41. The summed E-state index contributed by atoms with van der Waals surface area (Å²) in [6.45, 7) is 6.36. The van der Waals surface area contributed by atoms with Crippen molar-refractivity contribution in [2.45, 2.75) is 13.3 Å². The van der Waals surface area contributed by atoms with Crippen LogP contribution in [0.25, 0.3) is 0 Å². The Kier molecular flexibility index (Phi) is 6.86. The lowest BCUT2D eigenvalue weighted by atomic mass is 10.2. The van der Waals surface area contributed by atoms with E-state index in [1.165, 1.54) is 11.3 Å². The fraction of sp³-hybridized carbons (Fsp3) is 0.364. The number of amides is 1. The van der Waals surface area contributed by atoms with Gasteiger partial charge in [0, 0.05) is 50.9 Å². The summed E-state index contributed by atoms with van der Waals surface area (Å²) >= 11 is 1.38. The first-order chi connectivity index (χ1) is 15.1. The fourth-order valence-corrected chi connectivity index (χ4v) is 4.40. The maximum Gasteiger partial charge on any atom is 0.267 e. The Morgan fingerprint density at radius 1 is 1.16 bits per heavy atom. The molecule has 3 aromatic rings. The van der Waals surface area contributed by atoms with Crippen LogP contribution in [-0.4, -0.2) is 70.2 Å². The van der Waals surface area contributed by atoms with Crippen LogP contribution in [0.3, 0.4) is 0 Å². The summed E-state index contributed by atoms with van der Waals surface area (Å²) in [6.07, 6.45) is 2.18. The topological polar surface area (TPSA) is 94.5 Å². The third-order valence-corrected chi connectivity index (χ3v) is 6.13. The summed E-state index contributed by atoms with van der Waals surface area (Å²) in [6, 6.07) is 11.4. The molecule has 0 spiro atoms. The standard InChI is InChI=1S/C22H26N6O2S/c1-16-24-18(13-20(25-16)28-9-7-27(8-10-28)11-12-29)14-21-23-15-19(31-21)22(30)26-17-5-3-2-4-6-17/h2-6,13,15,29H,7-12,14H2,1H3,(H,26,30). The Bertz CT molecular complexity index is 1020. The average molecular weight is 439 g/mol. The minimum atomic E-state index is -0.157. The lowest BCUT2D eigenvalue weighted by molar-refractivity contribution is 0.103. The highest BCUT2D eigenvalue weighted by molar-refractivity contribution is 7.13. The van der Waals surface area contributed by atoms with Gasteiger partial charge in [-0.15, -0.1) is 11.3 Å². The Morgan fingerprint density at radius 3 is 2.68 bits per heavy atom. The number of hydrogen-bond donors (Lipinski definition) is 2. The van der Waals surface area contributed by atoms with Gasteiger partial charge in [-0.1, -0.05) is 18.2 Å². The van der Waals surface area contributed by atoms with Crippen LogP contribution in [0.2, 0.25) is 0 Å². The summed E-state index contributed by atoms with van der Waals surface area (Å²) < 4.78 is 0. The molecule has 0 saturated carbocycles. The smallest absolute Gasteiger partial charge is 0.267 e. The number of para-hydroxylation sites is 1. The summed E-state index contributed by atoms with van der Waals surface area (Å²) in [5, 5.41) is 12.8. The highest BCUT2D eigenvalue weighted by atomic mass is 32.1. The van der Waals surface area contributed by atoms with Gasteiger partial charge in [0.15, 0.2) is 0 Å². The van der Waals surface area contributed by atoms with Gasteiger partial charge in [-0.25, -0.2) is 15.0 Å². The molecule has 2 N–H and O–H groups in total. The molecule has 1 aliphatic rings. The lowest BCUT2D eigenvalue weighted by Gasteiger charge is -2.35. The van der Waals surface area contributed by atoms with Crippen LogP contribution in [-0.2, 0) is 6.42 Å². The van der Waals surface area contributed by atoms with Crippen molar-refractivity contribution in [1.82, 2.24) is 19.9 Å². The van der Waals surface area contributed by atoms with E-state index in [4.69, 9.17) is 5.11 Å². The van der Waals surface area contributed by atoms with Gasteiger partial charge < -0.3 is 15.3 Å². The predicted octanol–water partition coefficient (Wildman–Crippen LogP) is 2.20. The maximum absolute atomic E-state index is 12.5. The van der Waals surface area contributed by atoms with Crippen LogP contribution in [0.5, 0.6) is 0 Å². The minimum absolute atomic E-state index is 0.157. The van der Waals surface area contributed by atoms with Crippen LogP contribution >= 0.6 is 11.3 Å². The van der Waals surface area contributed by atoms with E-state index in [9.17, 15) is 4.79 Å². The van der Waals surface area contributed by atoms with Gasteiger partial charge in [0.2, 0.25) is 0 Å². The first-order valence-corrected chi connectivity index (χ1v) is 11.2. The van der Waals surface area contributed by atoms with Crippen molar-refractivity contribution < 1.29 is 9.90 Å². The number of aryl methyl sites for hydroxylation is 1.